The van der Waals surface area contributed by atoms with Crippen LogP contribution in [0, 0.1) is 0 Å². The second kappa shape index (κ2) is 11.5. The third-order valence-electron chi connectivity index (χ3n) is 5.10. The molecule has 1 heterocycles. The zero-order chi connectivity index (χ0) is 19.8. The summed E-state index contributed by atoms with van der Waals surface area (Å²) in [4.78, 5) is 16.8. The molecule has 0 aliphatic carbocycles. The highest BCUT2D eigenvalue weighted by Crippen LogP contribution is 2.28. The monoisotopic (exact) mass is 419 g/mol. The van der Waals surface area contributed by atoms with Gasteiger partial charge in [0.25, 0.3) is 0 Å². The Balaban J connectivity index is 0.00000300. The molecule has 158 valence electrons. The van der Waals surface area contributed by atoms with Gasteiger partial charge < -0.3 is 20.1 Å². The van der Waals surface area contributed by atoms with E-state index in [4.69, 9.17) is 4.74 Å². The predicted octanol–water partition coefficient (Wildman–Crippen LogP) is 3.75. The highest BCUT2D eigenvalue weighted by Gasteiger charge is 2.19. The van der Waals surface area contributed by atoms with Crippen LogP contribution in [0.4, 0.5) is 11.4 Å². The molecule has 1 amide bonds. The van der Waals surface area contributed by atoms with E-state index in [-0.39, 0.29) is 24.1 Å². The van der Waals surface area contributed by atoms with E-state index < -0.39 is 0 Å². The van der Waals surface area contributed by atoms with Gasteiger partial charge in [-0.15, -0.1) is 12.4 Å². The van der Waals surface area contributed by atoms with Gasteiger partial charge in [-0.1, -0.05) is 24.3 Å². The summed E-state index contributed by atoms with van der Waals surface area (Å²) >= 11 is 0. The van der Waals surface area contributed by atoms with Crippen molar-refractivity contribution in [1.82, 2.24) is 4.90 Å². The van der Waals surface area contributed by atoms with Crippen LogP contribution in [0.2, 0.25) is 0 Å². The summed E-state index contributed by atoms with van der Waals surface area (Å²) in [6, 6.07) is 14.9. The molecule has 7 heteroatoms. The third kappa shape index (κ3) is 6.54. The fourth-order valence-electron chi connectivity index (χ4n) is 3.52. The number of nitrogens with one attached hydrogen (secondary N) is 1. The fourth-order valence-corrected chi connectivity index (χ4v) is 3.52. The van der Waals surface area contributed by atoms with Crippen molar-refractivity contribution in [3.8, 4) is 11.5 Å². The predicted molar refractivity (Wildman–Crippen MR) is 119 cm³/mol. The van der Waals surface area contributed by atoms with Gasteiger partial charge in [0.15, 0.2) is 0 Å². The highest BCUT2D eigenvalue weighted by molar-refractivity contribution is 5.92. The largest absolute Gasteiger partial charge is 0.506 e. The van der Waals surface area contributed by atoms with Crippen LogP contribution >= 0.6 is 12.4 Å². The topological polar surface area (TPSA) is 65.0 Å². The first-order chi connectivity index (χ1) is 13.7. The SMILES string of the molecule is COc1ccccc1N1CCN(CCCCC(=O)Nc2ccccc2O)CC1.Cl. The van der Waals surface area contributed by atoms with Crippen molar-refractivity contribution in [3.05, 3.63) is 48.5 Å². The summed E-state index contributed by atoms with van der Waals surface area (Å²) in [7, 11) is 1.71. The standard InChI is InChI=1S/C22H29N3O3.ClH/c1-28-21-11-5-3-9-19(21)25-16-14-24(15-17-25)13-7-6-12-22(27)23-18-8-2-4-10-20(18)26;/h2-5,8-11,26H,6-7,12-17H2,1H3,(H,23,27);1H. The zero-order valence-corrected chi connectivity index (χ0v) is 17.7. The first-order valence-corrected chi connectivity index (χ1v) is 9.85. The number of carbonyl (C=O) groups is 1. The Morgan fingerprint density at radius 1 is 1.03 bits per heavy atom. The zero-order valence-electron chi connectivity index (χ0n) is 16.8. The molecule has 0 aromatic heterocycles. The summed E-state index contributed by atoms with van der Waals surface area (Å²) in [5, 5.41) is 12.5. The summed E-state index contributed by atoms with van der Waals surface area (Å²) in [5.74, 6) is 0.970. The summed E-state index contributed by atoms with van der Waals surface area (Å²) in [6.07, 6.45) is 2.30. The second-order valence-corrected chi connectivity index (χ2v) is 7.02. The molecule has 0 bridgehead atoms. The maximum atomic E-state index is 12.0. The molecule has 6 nitrogen and oxygen atoms in total. The lowest BCUT2D eigenvalue weighted by molar-refractivity contribution is -0.116. The first-order valence-electron chi connectivity index (χ1n) is 9.85. The number of para-hydroxylation sites is 4. The number of piperazine rings is 1. The molecule has 2 aromatic carbocycles. The number of unbranched alkanes of at least 4 members (excludes halogenated alkanes) is 1. The Hall–Kier alpha value is -2.44. The van der Waals surface area contributed by atoms with Crippen molar-refractivity contribution in [1.29, 1.82) is 0 Å². The lowest BCUT2D eigenvalue weighted by Crippen LogP contribution is -2.46. The Bertz CT molecular complexity index is 779. The van der Waals surface area contributed by atoms with Crippen molar-refractivity contribution < 1.29 is 14.6 Å². The molecule has 1 aliphatic rings. The number of benzene rings is 2. The number of hydrogen-bond acceptors (Lipinski definition) is 5. The molecular weight excluding hydrogens is 390 g/mol. The number of carbonyl (C=O) groups excluding carboxylic acids is 1. The van der Waals surface area contributed by atoms with Crippen molar-refractivity contribution >= 4 is 29.7 Å². The van der Waals surface area contributed by atoms with Gasteiger partial charge in [0.2, 0.25) is 5.91 Å². The number of aromatic hydroxyl groups is 1. The molecule has 0 saturated carbocycles. The average Bonchev–Trinajstić information content (AvgIpc) is 2.73. The van der Waals surface area contributed by atoms with Crippen LogP contribution in [0.15, 0.2) is 48.5 Å². The van der Waals surface area contributed by atoms with Gasteiger partial charge in [-0.05, 0) is 43.7 Å². The molecule has 1 saturated heterocycles. The molecule has 0 atom stereocenters. The molecule has 0 unspecified atom stereocenters. The van der Waals surface area contributed by atoms with Gasteiger partial charge in [0.1, 0.15) is 11.5 Å². The van der Waals surface area contributed by atoms with Gasteiger partial charge in [-0.2, -0.15) is 0 Å². The second-order valence-electron chi connectivity index (χ2n) is 7.02. The van der Waals surface area contributed by atoms with Gasteiger partial charge in [0, 0.05) is 32.6 Å². The molecule has 1 fully saturated rings. The summed E-state index contributed by atoms with van der Waals surface area (Å²) < 4.78 is 5.47. The molecule has 0 radical (unpaired) electrons. The maximum absolute atomic E-state index is 12.0. The minimum absolute atomic E-state index is 0. The number of hydrogen-bond donors (Lipinski definition) is 2. The van der Waals surface area contributed by atoms with E-state index in [9.17, 15) is 9.90 Å². The number of halogens is 1. The number of phenols is 1. The van der Waals surface area contributed by atoms with Crippen LogP contribution in [0.5, 0.6) is 11.5 Å². The number of nitrogens with zero attached hydrogens (tertiary/aromatic N) is 2. The number of anilines is 2. The Labute approximate surface area is 178 Å². The third-order valence-corrected chi connectivity index (χ3v) is 5.10. The van der Waals surface area contributed by atoms with Crippen LogP contribution in [0.1, 0.15) is 19.3 Å². The minimum atomic E-state index is -0.0532. The van der Waals surface area contributed by atoms with E-state index in [0.29, 0.717) is 12.1 Å². The molecule has 3 rings (SSSR count). The van der Waals surface area contributed by atoms with Gasteiger partial charge >= 0.3 is 0 Å². The first kappa shape index (κ1) is 22.8. The normalized spacial score (nSPS) is 14.2. The van der Waals surface area contributed by atoms with Crippen LogP contribution in [-0.2, 0) is 4.79 Å². The lowest BCUT2D eigenvalue weighted by Gasteiger charge is -2.36. The Kier molecular flexibility index (Phi) is 9.09. The molecule has 29 heavy (non-hydrogen) atoms. The molecule has 0 spiro atoms. The van der Waals surface area contributed by atoms with Crippen LogP contribution in [0.3, 0.4) is 0 Å². The number of ether oxygens (including phenoxy) is 1. The van der Waals surface area contributed by atoms with Crippen molar-refractivity contribution in [3.63, 3.8) is 0 Å². The fraction of sp³-hybridized carbons (Fsp3) is 0.409. The van der Waals surface area contributed by atoms with E-state index in [1.54, 1.807) is 31.4 Å². The number of rotatable bonds is 8. The highest BCUT2D eigenvalue weighted by atomic mass is 35.5. The number of amides is 1. The molecule has 2 aromatic rings. The smallest absolute Gasteiger partial charge is 0.224 e. The van der Waals surface area contributed by atoms with Gasteiger partial charge in [0.05, 0.1) is 18.5 Å². The van der Waals surface area contributed by atoms with Crippen LogP contribution in [0.25, 0.3) is 0 Å². The average molecular weight is 420 g/mol. The quantitative estimate of drug-likeness (QED) is 0.504. The number of methoxy groups -OCH3 is 1. The maximum Gasteiger partial charge on any atom is 0.224 e. The Morgan fingerprint density at radius 3 is 2.45 bits per heavy atom. The van der Waals surface area contributed by atoms with Crippen molar-refractivity contribution in [2.24, 2.45) is 0 Å². The van der Waals surface area contributed by atoms with E-state index in [1.807, 2.05) is 18.2 Å². The van der Waals surface area contributed by atoms with E-state index in [1.165, 1.54) is 0 Å². The summed E-state index contributed by atoms with van der Waals surface area (Å²) in [6.45, 7) is 5.00. The Morgan fingerprint density at radius 2 is 1.72 bits per heavy atom. The van der Waals surface area contributed by atoms with Crippen LogP contribution < -0.4 is 15.0 Å². The van der Waals surface area contributed by atoms with Crippen molar-refractivity contribution in [2.45, 2.75) is 19.3 Å². The molecular formula is C22H30ClN3O3. The van der Waals surface area contributed by atoms with Crippen molar-refractivity contribution in [2.75, 3.05) is 50.1 Å². The molecule has 2 N–H and O–H groups in total. The van der Waals surface area contributed by atoms with E-state index in [0.717, 1.165) is 57.0 Å². The molecule has 1 aliphatic heterocycles. The van der Waals surface area contributed by atoms with Gasteiger partial charge in [-0.25, -0.2) is 0 Å². The number of phenolic OH excluding ortho intramolecular Hbond substituents is 1. The van der Waals surface area contributed by atoms with E-state index >= 15 is 0 Å². The van der Waals surface area contributed by atoms with Crippen LogP contribution in [-0.4, -0.2) is 55.7 Å². The lowest BCUT2D eigenvalue weighted by atomic mass is 10.2. The summed E-state index contributed by atoms with van der Waals surface area (Å²) in [5.41, 5.74) is 1.63. The minimum Gasteiger partial charge on any atom is -0.506 e. The van der Waals surface area contributed by atoms with E-state index in [2.05, 4.69) is 21.2 Å². The van der Waals surface area contributed by atoms with Gasteiger partial charge in [-0.3, -0.25) is 9.69 Å².